The van der Waals surface area contributed by atoms with Gasteiger partial charge >= 0.3 is 0 Å². The molecule has 0 fully saturated rings. The minimum absolute atomic E-state index is 0.0718. The fourth-order valence-electron chi connectivity index (χ4n) is 2.14. The van der Waals surface area contributed by atoms with Crippen LogP contribution in [0.4, 0.5) is 5.69 Å². The van der Waals surface area contributed by atoms with Crippen molar-refractivity contribution in [2.24, 2.45) is 0 Å². The van der Waals surface area contributed by atoms with E-state index in [2.05, 4.69) is 4.98 Å². The number of hydrogen-bond acceptors (Lipinski definition) is 6. The van der Waals surface area contributed by atoms with E-state index in [1.165, 1.54) is 32.5 Å². The second-order valence-corrected chi connectivity index (χ2v) is 4.60. The Morgan fingerprint density at radius 2 is 2.00 bits per heavy atom. The normalized spacial score (nSPS) is 11.8. The molecule has 0 saturated carbocycles. The van der Waals surface area contributed by atoms with E-state index in [0.717, 1.165) is 0 Å². The largest absolute Gasteiger partial charge is 0.493 e. The number of benzene rings is 1. The van der Waals surface area contributed by atoms with Crippen molar-refractivity contribution in [2.45, 2.75) is 12.5 Å². The first-order chi connectivity index (χ1) is 10.6. The van der Waals surface area contributed by atoms with Gasteiger partial charge in [0.05, 0.1) is 31.3 Å². The topological polar surface area (TPSA) is 94.7 Å². The molecule has 116 valence electrons. The highest BCUT2D eigenvalue weighted by Gasteiger charge is 2.22. The van der Waals surface area contributed by atoms with Gasteiger partial charge in [-0.15, -0.1) is 0 Å². The molecule has 2 rings (SSSR count). The van der Waals surface area contributed by atoms with Crippen LogP contribution in [0.1, 0.15) is 17.2 Å². The summed E-state index contributed by atoms with van der Waals surface area (Å²) in [6.45, 7) is 0. The molecule has 0 spiro atoms. The highest BCUT2D eigenvalue weighted by Crippen LogP contribution is 2.36. The van der Waals surface area contributed by atoms with Crippen LogP contribution in [0.15, 0.2) is 36.7 Å². The number of aromatic nitrogens is 1. The SMILES string of the molecule is COc1cc(C[C@@H](O)c2cccnc2)c([N+](=O)[O-])cc1OC. The lowest BCUT2D eigenvalue weighted by Gasteiger charge is -2.13. The van der Waals surface area contributed by atoms with Gasteiger partial charge in [0, 0.05) is 24.4 Å². The zero-order valence-electron chi connectivity index (χ0n) is 12.2. The molecule has 1 heterocycles. The van der Waals surface area contributed by atoms with E-state index >= 15 is 0 Å². The molecule has 0 aliphatic rings. The van der Waals surface area contributed by atoms with Gasteiger partial charge in [-0.2, -0.15) is 0 Å². The number of methoxy groups -OCH3 is 2. The molecular formula is C15H16N2O5. The molecule has 0 bridgehead atoms. The molecular weight excluding hydrogens is 288 g/mol. The average molecular weight is 304 g/mol. The van der Waals surface area contributed by atoms with Gasteiger partial charge in [-0.3, -0.25) is 15.1 Å². The molecule has 1 N–H and O–H groups in total. The molecule has 7 heteroatoms. The van der Waals surface area contributed by atoms with Crippen molar-refractivity contribution in [3.63, 3.8) is 0 Å². The van der Waals surface area contributed by atoms with E-state index in [1.54, 1.807) is 18.3 Å². The molecule has 7 nitrogen and oxygen atoms in total. The number of rotatable bonds is 6. The summed E-state index contributed by atoms with van der Waals surface area (Å²) in [5.74, 6) is 0.648. The van der Waals surface area contributed by atoms with Crippen LogP contribution in [0.5, 0.6) is 11.5 Å². The summed E-state index contributed by atoms with van der Waals surface area (Å²) < 4.78 is 10.2. The number of aliphatic hydroxyl groups is 1. The summed E-state index contributed by atoms with van der Waals surface area (Å²) in [5, 5.41) is 21.5. The molecule has 0 aliphatic heterocycles. The summed E-state index contributed by atoms with van der Waals surface area (Å²) in [5.41, 5.74) is 0.825. The Labute approximate surface area is 127 Å². The molecule has 0 radical (unpaired) electrons. The zero-order chi connectivity index (χ0) is 16.1. The molecule has 1 aromatic carbocycles. The Bertz CT molecular complexity index is 660. The highest BCUT2D eigenvalue weighted by atomic mass is 16.6. The van der Waals surface area contributed by atoms with Crippen molar-refractivity contribution in [1.82, 2.24) is 4.98 Å². The van der Waals surface area contributed by atoms with Crippen LogP contribution in [0.2, 0.25) is 0 Å². The van der Waals surface area contributed by atoms with Gasteiger partial charge in [0.1, 0.15) is 0 Å². The molecule has 2 aromatic rings. The van der Waals surface area contributed by atoms with Crippen LogP contribution in [0.3, 0.4) is 0 Å². The van der Waals surface area contributed by atoms with Crippen LogP contribution in [0, 0.1) is 10.1 Å². The third kappa shape index (κ3) is 3.32. The third-order valence-electron chi connectivity index (χ3n) is 3.26. The van der Waals surface area contributed by atoms with Gasteiger partial charge in [0.2, 0.25) is 0 Å². The first-order valence-corrected chi connectivity index (χ1v) is 6.54. The number of nitrogens with zero attached hydrogens (tertiary/aromatic N) is 2. The number of aliphatic hydroxyl groups excluding tert-OH is 1. The van der Waals surface area contributed by atoms with Gasteiger partial charge in [0.25, 0.3) is 5.69 Å². The summed E-state index contributed by atoms with van der Waals surface area (Å²) in [7, 11) is 2.86. The fraction of sp³-hybridized carbons (Fsp3) is 0.267. The Kier molecular flexibility index (Phi) is 4.90. The third-order valence-corrected chi connectivity index (χ3v) is 3.26. The van der Waals surface area contributed by atoms with Gasteiger partial charge in [-0.05, 0) is 17.7 Å². The highest BCUT2D eigenvalue weighted by molar-refractivity contribution is 5.54. The van der Waals surface area contributed by atoms with Crippen LogP contribution < -0.4 is 9.47 Å². The van der Waals surface area contributed by atoms with E-state index in [0.29, 0.717) is 16.9 Å². The lowest BCUT2D eigenvalue weighted by atomic mass is 10.0. The fourth-order valence-corrected chi connectivity index (χ4v) is 2.14. The molecule has 0 saturated heterocycles. The lowest BCUT2D eigenvalue weighted by Crippen LogP contribution is -2.06. The zero-order valence-corrected chi connectivity index (χ0v) is 12.2. The van der Waals surface area contributed by atoms with E-state index in [-0.39, 0.29) is 17.9 Å². The van der Waals surface area contributed by atoms with Gasteiger partial charge < -0.3 is 14.6 Å². The Morgan fingerprint density at radius 1 is 1.32 bits per heavy atom. The van der Waals surface area contributed by atoms with Gasteiger partial charge in [0.15, 0.2) is 11.5 Å². The Balaban J connectivity index is 2.38. The first-order valence-electron chi connectivity index (χ1n) is 6.54. The van der Waals surface area contributed by atoms with Crippen LogP contribution >= 0.6 is 0 Å². The molecule has 1 aromatic heterocycles. The van der Waals surface area contributed by atoms with E-state index in [1.807, 2.05) is 0 Å². The van der Waals surface area contributed by atoms with Crippen molar-refractivity contribution in [2.75, 3.05) is 14.2 Å². The molecule has 22 heavy (non-hydrogen) atoms. The van der Waals surface area contributed by atoms with Crippen molar-refractivity contribution >= 4 is 5.69 Å². The minimum atomic E-state index is -0.898. The monoisotopic (exact) mass is 304 g/mol. The molecule has 0 amide bonds. The Morgan fingerprint density at radius 3 is 2.55 bits per heavy atom. The van der Waals surface area contributed by atoms with Crippen molar-refractivity contribution < 1.29 is 19.5 Å². The van der Waals surface area contributed by atoms with Gasteiger partial charge in [-0.1, -0.05) is 6.07 Å². The van der Waals surface area contributed by atoms with Crippen molar-refractivity contribution in [3.8, 4) is 11.5 Å². The minimum Gasteiger partial charge on any atom is -0.493 e. The molecule has 0 aliphatic carbocycles. The molecule has 1 atom stereocenters. The predicted octanol–water partition coefficient (Wildman–Crippen LogP) is 2.28. The second-order valence-electron chi connectivity index (χ2n) is 4.60. The number of nitro benzene ring substituents is 1. The predicted molar refractivity (Wildman–Crippen MR) is 79.1 cm³/mol. The number of ether oxygens (including phenoxy) is 2. The quantitative estimate of drug-likeness (QED) is 0.650. The Hall–Kier alpha value is -2.67. The van der Waals surface area contributed by atoms with Crippen molar-refractivity contribution in [1.29, 1.82) is 0 Å². The molecule has 0 unspecified atom stereocenters. The summed E-state index contributed by atoms with van der Waals surface area (Å²) in [6, 6.07) is 6.21. The van der Waals surface area contributed by atoms with Crippen molar-refractivity contribution in [3.05, 3.63) is 57.9 Å². The first kappa shape index (κ1) is 15.7. The maximum atomic E-state index is 11.2. The number of pyridine rings is 1. The standard InChI is InChI=1S/C15H16N2O5/c1-21-14-7-11(12(17(19)20)8-15(14)22-2)6-13(18)10-4-3-5-16-9-10/h3-5,7-9,13,18H,6H2,1-2H3/t13-/m1/s1. The summed E-state index contributed by atoms with van der Waals surface area (Å²) in [4.78, 5) is 14.6. The van der Waals surface area contributed by atoms with Gasteiger partial charge in [-0.25, -0.2) is 0 Å². The van der Waals surface area contributed by atoms with E-state index in [4.69, 9.17) is 9.47 Å². The van der Waals surface area contributed by atoms with Crippen LogP contribution in [-0.2, 0) is 6.42 Å². The average Bonchev–Trinajstić information content (AvgIpc) is 2.54. The van der Waals surface area contributed by atoms with Crippen LogP contribution in [-0.4, -0.2) is 29.2 Å². The van der Waals surface area contributed by atoms with E-state index < -0.39 is 11.0 Å². The number of nitro groups is 1. The maximum Gasteiger partial charge on any atom is 0.276 e. The van der Waals surface area contributed by atoms with E-state index in [9.17, 15) is 15.2 Å². The number of hydrogen-bond donors (Lipinski definition) is 1. The second kappa shape index (κ2) is 6.86. The lowest BCUT2D eigenvalue weighted by molar-refractivity contribution is -0.385. The summed E-state index contributed by atoms with van der Waals surface area (Å²) >= 11 is 0. The maximum absolute atomic E-state index is 11.2. The van der Waals surface area contributed by atoms with Crippen LogP contribution in [0.25, 0.3) is 0 Å². The summed E-state index contributed by atoms with van der Waals surface area (Å²) in [6.07, 6.45) is 2.29. The smallest absolute Gasteiger partial charge is 0.276 e.